The molecule has 0 amide bonds. The monoisotopic (exact) mass is 388 g/mol. The molecule has 28 heavy (non-hydrogen) atoms. The highest BCUT2D eigenvalue weighted by Crippen LogP contribution is 2.27. The van der Waals surface area contributed by atoms with Crippen LogP contribution in [0.25, 0.3) is 0 Å². The maximum Gasteiger partial charge on any atom is 0.127 e. The lowest BCUT2D eigenvalue weighted by Gasteiger charge is -2.41. The van der Waals surface area contributed by atoms with E-state index < -0.39 is 0 Å². The third kappa shape index (κ3) is 5.01. The molecule has 0 unspecified atom stereocenters. The van der Waals surface area contributed by atoms with Gasteiger partial charge in [-0.1, -0.05) is 18.2 Å². The summed E-state index contributed by atoms with van der Waals surface area (Å²) in [4.78, 5) is 4.63. The first kappa shape index (κ1) is 20.6. The fourth-order valence-corrected chi connectivity index (χ4v) is 3.82. The number of rotatable bonds is 8. The van der Waals surface area contributed by atoms with Crippen molar-refractivity contribution in [1.29, 1.82) is 0 Å². The molecule has 0 bridgehead atoms. The topological polar surface area (TPSA) is 45.2 Å². The van der Waals surface area contributed by atoms with E-state index in [1.807, 2.05) is 30.3 Å². The average Bonchev–Trinajstić information content (AvgIpc) is 2.71. The molecule has 152 valence electrons. The molecule has 2 aromatic carbocycles. The fraction of sp³-hybridized carbons (Fsp3) is 0.455. The summed E-state index contributed by atoms with van der Waals surface area (Å²) in [7, 11) is 3.33. The maximum atomic E-state index is 14.1. The highest BCUT2D eigenvalue weighted by Gasteiger charge is 2.27. The average molecular weight is 388 g/mol. The van der Waals surface area contributed by atoms with Gasteiger partial charge in [-0.05, 0) is 30.7 Å². The maximum absolute atomic E-state index is 14.1. The van der Waals surface area contributed by atoms with Crippen molar-refractivity contribution in [2.24, 2.45) is 0 Å². The number of ether oxygens (including phenoxy) is 2. The summed E-state index contributed by atoms with van der Waals surface area (Å²) < 4.78 is 24.9. The van der Waals surface area contributed by atoms with Crippen molar-refractivity contribution in [2.45, 2.75) is 25.6 Å². The van der Waals surface area contributed by atoms with Gasteiger partial charge < -0.3 is 14.6 Å². The number of hydrogen-bond acceptors (Lipinski definition) is 5. The normalized spacial score (nSPS) is 18.2. The van der Waals surface area contributed by atoms with E-state index in [1.54, 1.807) is 20.3 Å². The zero-order valence-corrected chi connectivity index (χ0v) is 16.6. The first-order valence-corrected chi connectivity index (χ1v) is 9.66. The Balaban J connectivity index is 1.69. The molecular formula is C22H29FN2O3. The molecular weight excluding hydrogens is 359 g/mol. The minimum Gasteiger partial charge on any atom is -0.497 e. The summed E-state index contributed by atoms with van der Waals surface area (Å²) in [5.74, 6) is 1.47. The van der Waals surface area contributed by atoms with Crippen molar-refractivity contribution in [3.8, 4) is 11.5 Å². The van der Waals surface area contributed by atoms with Gasteiger partial charge in [0.1, 0.15) is 17.3 Å². The quantitative estimate of drug-likeness (QED) is 0.753. The number of piperazine rings is 1. The number of methoxy groups -OCH3 is 2. The van der Waals surface area contributed by atoms with Gasteiger partial charge in [-0.15, -0.1) is 0 Å². The van der Waals surface area contributed by atoms with Crippen LogP contribution in [0.5, 0.6) is 11.5 Å². The number of halogens is 1. The van der Waals surface area contributed by atoms with Gasteiger partial charge in [0.15, 0.2) is 0 Å². The van der Waals surface area contributed by atoms with Crippen LogP contribution >= 0.6 is 0 Å². The van der Waals surface area contributed by atoms with E-state index in [4.69, 9.17) is 9.47 Å². The smallest absolute Gasteiger partial charge is 0.127 e. The summed E-state index contributed by atoms with van der Waals surface area (Å²) in [6.07, 6.45) is 0.667. The van der Waals surface area contributed by atoms with Crippen molar-refractivity contribution < 1.29 is 19.0 Å². The summed E-state index contributed by atoms with van der Waals surface area (Å²) in [5.41, 5.74) is 1.78. The lowest BCUT2D eigenvalue weighted by molar-refractivity contribution is 0.0489. The van der Waals surface area contributed by atoms with Crippen LogP contribution < -0.4 is 9.47 Å². The Morgan fingerprint density at radius 1 is 1.04 bits per heavy atom. The molecule has 6 heteroatoms. The fourth-order valence-electron chi connectivity index (χ4n) is 3.82. The minimum absolute atomic E-state index is 0.120. The van der Waals surface area contributed by atoms with Gasteiger partial charge in [0.2, 0.25) is 0 Å². The Bertz CT molecular complexity index is 771. The van der Waals surface area contributed by atoms with Crippen LogP contribution in [0.2, 0.25) is 0 Å². The molecule has 0 spiro atoms. The van der Waals surface area contributed by atoms with E-state index in [0.717, 1.165) is 43.2 Å². The second-order valence-electron chi connectivity index (χ2n) is 7.14. The molecule has 1 saturated heterocycles. The largest absolute Gasteiger partial charge is 0.497 e. The highest BCUT2D eigenvalue weighted by atomic mass is 19.1. The Labute approximate surface area is 166 Å². The number of benzene rings is 2. The first-order valence-electron chi connectivity index (χ1n) is 9.66. The molecule has 0 aliphatic carbocycles. The van der Waals surface area contributed by atoms with Gasteiger partial charge >= 0.3 is 0 Å². The molecule has 0 saturated carbocycles. The Kier molecular flexibility index (Phi) is 7.25. The van der Waals surface area contributed by atoms with E-state index in [9.17, 15) is 9.50 Å². The van der Waals surface area contributed by atoms with Gasteiger partial charge in [-0.25, -0.2) is 4.39 Å². The molecule has 1 aliphatic heterocycles. The van der Waals surface area contributed by atoms with Gasteiger partial charge in [0.05, 0.1) is 14.2 Å². The van der Waals surface area contributed by atoms with E-state index in [0.29, 0.717) is 18.5 Å². The SMILES string of the molecule is COc1ccc(OC)c(CN2CCN(Cc3ccccc3F)[C@@H](CCO)C2)c1. The van der Waals surface area contributed by atoms with Crippen molar-refractivity contribution in [2.75, 3.05) is 40.5 Å². The molecule has 0 radical (unpaired) electrons. The number of aliphatic hydroxyl groups excluding tert-OH is 1. The summed E-state index contributed by atoms with van der Waals surface area (Å²) in [5, 5.41) is 9.53. The third-order valence-corrected chi connectivity index (χ3v) is 5.36. The molecule has 1 N–H and O–H groups in total. The summed E-state index contributed by atoms with van der Waals surface area (Å²) in [6.45, 7) is 3.94. The van der Waals surface area contributed by atoms with Crippen molar-refractivity contribution in [3.63, 3.8) is 0 Å². The zero-order chi connectivity index (χ0) is 19.9. The van der Waals surface area contributed by atoms with Crippen LogP contribution in [0.1, 0.15) is 17.5 Å². The minimum atomic E-state index is -0.172. The molecule has 3 rings (SSSR count). The molecule has 1 atom stereocenters. The highest BCUT2D eigenvalue weighted by molar-refractivity contribution is 5.40. The molecule has 1 aliphatic rings. The van der Waals surface area contributed by atoms with Crippen molar-refractivity contribution >= 4 is 0 Å². The first-order chi connectivity index (χ1) is 13.6. The van der Waals surface area contributed by atoms with Crippen LogP contribution in [-0.4, -0.2) is 61.4 Å². The van der Waals surface area contributed by atoms with Gasteiger partial charge in [-0.2, -0.15) is 0 Å². The molecule has 5 nitrogen and oxygen atoms in total. The van der Waals surface area contributed by atoms with E-state index in [-0.39, 0.29) is 18.5 Å². The van der Waals surface area contributed by atoms with Gasteiger partial charge in [0, 0.05) is 56.5 Å². The van der Waals surface area contributed by atoms with Crippen LogP contribution in [0, 0.1) is 5.82 Å². The van der Waals surface area contributed by atoms with Crippen LogP contribution in [-0.2, 0) is 13.1 Å². The number of nitrogens with zero attached hydrogens (tertiary/aromatic N) is 2. The zero-order valence-electron chi connectivity index (χ0n) is 16.6. The van der Waals surface area contributed by atoms with E-state index >= 15 is 0 Å². The summed E-state index contributed by atoms with van der Waals surface area (Å²) >= 11 is 0. The van der Waals surface area contributed by atoms with Crippen LogP contribution in [0.15, 0.2) is 42.5 Å². The van der Waals surface area contributed by atoms with Crippen molar-refractivity contribution in [1.82, 2.24) is 9.80 Å². The Hall–Kier alpha value is -2.15. The van der Waals surface area contributed by atoms with Gasteiger partial charge in [0.25, 0.3) is 0 Å². The second-order valence-corrected chi connectivity index (χ2v) is 7.14. The molecule has 1 heterocycles. The molecule has 0 aromatic heterocycles. The van der Waals surface area contributed by atoms with Crippen LogP contribution in [0.4, 0.5) is 4.39 Å². The predicted molar refractivity (Wildman–Crippen MR) is 107 cm³/mol. The Morgan fingerprint density at radius 3 is 2.57 bits per heavy atom. The standard InChI is InChI=1S/C22H29FN2O3/c1-27-20-7-8-22(28-2)18(13-20)14-24-10-11-25(19(16-24)9-12-26)15-17-5-3-4-6-21(17)23/h3-8,13,19,26H,9-12,14-16H2,1-2H3/t19-/m0/s1. The van der Waals surface area contributed by atoms with Crippen molar-refractivity contribution in [3.05, 3.63) is 59.4 Å². The second kappa shape index (κ2) is 9.87. The van der Waals surface area contributed by atoms with Gasteiger partial charge in [-0.3, -0.25) is 9.80 Å². The van der Waals surface area contributed by atoms with E-state index in [1.165, 1.54) is 6.07 Å². The predicted octanol–water partition coefficient (Wildman–Crippen LogP) is 2.91. The molecule has 1 fully saturated rings. The number of hydrogen-bond donors (Lipinski definition) is 1. The molecule has 2 aromatic rings. The third-order valence-electron chi connectivity index (χ3n) is 5.36. The lowest BCUT2D eigenvalue weighted by Crippen LogP contribution is -2.52. The Morgan fingerprint density at radius 2 is 1.86 bits per heavy atom. The van der Waals surface area contributed by atoms with Crippen LogP contribution in [0.3, 0.4) is 0 Å². The summed E-state index contributed by atoms with van der Waals surface area (Å²) in [6, 6.07) is 12.9. The van der Waals surface area contributed by atoms with E-state index in [2.05, 4.69) is 9.80 Å². The number of aliphatic hydroxyl groups is 1. The lowest BCUT2D eigenvalue weighted by atomic mass is 10.1.